The Labute approximate surface area is 244 Å². The Balaban J connectivity index is 1.19. The molecule has 6 rings (SSSR count). The number of morpholine rings is 1. The number of ether oxygens (including phenoxy) is 3. The number of thioether (sulfide) groups is 1. The predicted molar refractivity (Wildman–Crippen MR) is 154 cm³/mol. The maximum atomic E-state index is 13.1. The van der Waals surface area contributed by atoms with Gasteiger partial charge in [-0.25, -0.2) is 23.4 Å². The molecular weight excluding hydrogens is 566 g/mol. The molecule has 41 heavy (non-hydrogen) atoms. The largest absolute Gasteiger partial charge is 0.480 e. The summed E-state index contributed by atoms with van der Waals surface area (Å²) in [5, 5.41) is 0.278. The molecule has 1 unspecified atom stereocenters. The van der Waals surface area contributed by atoms with Crippen LogP contribution in [-0.2, 0) is 21.2 Å². The lowest BCUT2D eigenvalue weighted by atomic mass is 10.2. The van der Waals surface area contributed by atoms with Crippen LogP contribution in [0.1, 0.15) is 5.69 Å². The zero-order chi connectivity index (χ0) is 28.4. The van der Waals surface area contributed by atoms with Crippen LogP contribution in [0, 0.1) is 0 Å². The fourth-order valence-electron chi connectivity index (χ4n) is 5.32. The Kier molecular flexibility index (Phi) is 8.26. The molecule has 3 aliphatic rings. The van der Waals surface area contributed by atoms with E-state index in [1.807, 2.05) is 17.8 Å². The Morgan fingerprint density at radius 3 is 2.44 bits per heavy atom. The normalized spacial score (nSPS) is 20.1. The van der Waals surface area contributed by atoms with Crippen LogP contribution in [0.3, 0.4) is 0 Å². The fourth-order valence-corrected chi connectivity index (χ4v) is 8.17. The topological polar surface area (TPSA) is 123 Å². The molecule has 3 aromatic rings. The van der Waals surface area contributed by atoms with E-state index in [0.29, 0.717) is 61.6 Å². The first kappa shape index (κ1) is 28.1. The molecular formula is C27H33N7O5S2. The van der Waals surface area contributed by atoms with Gasteiger partial charge in [0.25, 0.3) is 0 Å². The van der Waals surface area contributed by atoms with Gasteiger partial charge in [-0.15, -0.1) is 11.8 Å². The molecule has 0 saturated carbocycles. The Morgan fingerprint density at radius 2 is 1.73 bits per heavy atom. The third-order valence-electron chi connectivity index (χ3n) is 7.46. The van der Waals surface area contributed by atoms with Crippen LogP contribution in [0.2, 0.25) is 0 Å². The average molecular weight is 600 g/mol. The van der Waals surface area contributed by atoms with Gasteiger partial charge in [0.1, 0.15) is 11.4 Å². The highest BCUT2D eigenvalue weighted by molar-refractivity contribution is 8.00. The molecule has 0 bridgehead atoms. The SMILES string of the molecule is COc1ncc(-c2nc3c(c(N4CCOCC4)n2)SC(CN2CCN(S(=O)(=O)c4ccccc4)CC2)C3)c(OC)n1. The van der Waals surface area contributed by atoms with E-state index in [-0.39, 0.29) is 11.3 Å². The van der Waals surface area contributed by atoms with E-state index in [2.05, 4.69) is 19.8 Å². The first-order valence-corrected chi connectivity index (χ1v) is 15.9. The van der Waals surface area contributed by atoms with Crippen molar-refractivity contribution in [2.45, 2.75) is 21.5 Å². The van der Waals surface area contributed by atoms with Gasteiger partial charge in [0, 0.05) is 63.7 Å². The summed E-state index contributed by atoms with van der Waals surface area (Å²) in [4.78, 5) is 24.6. The number of hydrogen-bond acceptors (Lipinski definition) is 12. The molecule has 0 radical (unpaired) electrons. The van der Waals surface area contributed by atoms with Gasteiger partial charge >= 0.3 is 6.01 Å². The number of rotatable bonds is 8. The number of anilines is 1. The summed E-state index contributed by atoms with van der Waals surface area (Å²) in [6.45, 7) is 5.96. The molecule has 12 nitrogen and oxygen atoms in total. The second-order valence-electron chi connectivity index (χ2n) is 9.99. The second-order valence-corrected chi connectivity index (χ2v) is 13.2. The highest BCUT2D eigenvalue weighted by Gasteiger charge is 2.34. The molecule has 2 aromatic heterocycles. The molecule has 0 amide bonds. The van der Waals surface area contributed by atoms with Crippen molar-refractivity contribution in [1.82, 2.24) is 29.1 Å². The molecule has 0 spiro atoms. The van der Waals surface area contributed by atoms with E-state index in [1.165, 1.54) is 7.11 Å². The summed E-state index contributed by atoms with van der Waals surface area (Å²) >= 11 is 1.81. The van der Waals surface area contributed by atoms with E-state index in [0.717, 1.165) is 42.5 Å². The second kappa shape index (κ2) is 12.1. The summed E-state index contributed by atoms with van der Waals surface area (Å²) in [5.41, 5.74) is 1.60. The van der Waals surface area contributed by atoms with Gasteiger partial charge in [0.05, 0.1) is 42.9 Å². The smallest absolute Gasteiger partial charge is 0.319 e. The van der Waals surface area contributed by atoms with Crippen molar-refractivity contribution in [2.75, 3.05) is 78.1 Å². The Bertz CT molecular complexity index is 1480. The van der Waals surface area contributed by atoms with E-state index in [4.69, 9.17) is 24.2 Å². The number of methoxy groups -OCH3 is 2. The number of benzene rings is 1. The fraction of sp³-hybridized carbons (Fsp3) is 0.481. The molecule has 0 aliphatic carbocycles. The van der Waals surface area contributed by atoms with Crippen LogP contribution in [-0.4, -0.2) is 116 Å². The lowest BCUT2D eigenvalue weighted by Crippen LogP contribution is -2.50. The summed E-state index contributed by atoms with van der Waals surface area (Å²) in [6.07, 6.45) is 2.42. The quantitative estimate of drug-likeness (QED) is 0.375. The number of piperazine rings is 1. The van der Waals surface area contributed by atoms with Gasteiger partial charge in [0.2, 0.25) is 15.9 Å². The van der Waals surface area contributed by atoms with Gasteiger partial charge in [-0.05, 0) is 12.1 Å². The van der Waals surface area contributed by atoms with Crippen molar-refractivity contribution in [3.05, 3.63) is 42.2 Å². The van der Waals surface area contributed by atoms with Gasteiger partial charge < -0.3 is 19.1 Å². The number of sulfonamides is 1. The highest BCUT2D eigenvalue weighted by Crippen LogP contribution is 2.43. The van der Waals surface area contributed by atoms with Crippen LogP contribution in [0.4, 0.5) is 5.82 Å². The first-order valence-electron chi connectivity index (χ1n) is 13.6. The number of hydrogen-bond donors (Lipinski definition) is 0. The van der Waals surface area contributed by atoms with E-state index < -0.39 is 10.0 Å². The van der Waals surface area contributed by atoms with E-state index >= 15 is 0 Å². The van der Waals surface area contributed by atoms with Gasteiger partial charge in [-0.3, -0.25) is 4.90 Å². The van der Waals surface area contributed by atoms with E-state index in [9.17, 15) is 8.42 Å². The van der Waals surface area contributed by atoms with Crippen LogP contribution in [0.15, 0.2) is 46.3 Å². The lowest BCUT2D eigenvalue weighted by molar-refractivity contribution is 0.122. The molecule has 218 valence electrons. The highest BCUT2D eigenvalue weighted by atomic mass is 32.2. The van der Waals surface area contributed by atoms with Gasteiger partial charge in [0.15, 0.2) is 5.82 Å². The van der Waals surface area contributed by atoms with Crippen molar-refractivity contribution in [2.24, 2.45) is 0 Å². The maximum Gasteiger partial charge on any atom is 0.319 e. The predicted octanol–water partition coefficient (Wildman–Crippen LogP) is 1.81. The molecule has 2 saturated heterocycles. The third kappa shape index (κ3) is 5.84. The number of fused-ring (bicyclic) bond motifs is 1. The monoisotopic (exact) mass is 599 g/mol. The first-order chi connectivity index (χ1) is 20.0. The molecule has 1 aromatic carbocycles. The average Bonchev–Trinajstić information content (AvgIpc) is 3.43. The Hall–Kier alpha value is -3.04. The maximum absolute atomic E-state index is 13.1. The summed E-state index contributed by atoms with van der Waals surface area (Å²) in [5.74, 6) is 1.78. The zero-order valence-electron chi connectivity index (χ0n) is 23.1. The summed E-state index contributed by atoms with van der Waals surface area (Å²) in [7, 11) is -0.413. The third-order valence-corrected chi connectivity index (χ3v) is 10.7. The minimum atomic E-state index is -3.48. The standard InChI is InChI=1S/C27H33N7O5S2/c1-37-26-21(17-28-27(31-26)38-2)24-29-22-16-19(40-23(22)25(30-24)33-12-14-39-15-13-33)18-32-8-10-34(11-9-32)41(35,36)20-6-4-3-5-7-20/h3-7,17,19H,8-16,18H2,1-2H3. The van der Waals surface area contributed by atoms with Crippen molar-refractivity contribution in [3.63, 3.8) is 0 Å². The summed E-state index contributed by atoms with van der Waals surface area (Å²) in [6, 6.07) is 8.87. The van der Waals surface area contributed by atoms with Crippen molar-refractivity contribution >= 4 is 27.6 Å². The molecule has 14 heteroatoms. The minimum absolute atomic E-state index is 0.215. The zero-order valence-corrected chi connectivity index (χ0v) is 24.7. The van der Waals surface area contributed by atoms with Crippen LogP contribution >= 0.6 is 11.8 Å². The Morgan fingerprint density at radius 1 is 0.976 bits per heavy atom. The van der Waals surface area contributed by atoms with Crippen molar-refractivity contribution in [3.8, 4) is 23.3 Å². The van der Waals surface area contributed by atoms with Crippen molar-refractivity contribution < 1.29 is 22.6 Å². The lowest BCUT2D eigenvalue weighted by Gasteiger charge is -2.35. The van der Waals surface area contributed by atoms with E-state index in [1.54, 1.807) is 41.9 Å². The number of aromatic nitrogens is 4. The molecule has 3 aliphatic heterocycles. The minimum Gasteiger partial charge on any atom is -0.480 e. The molecule has 2 fully saturated rings. The van der Waals surface area contributed by atoms with Gasteiger partial charge in [-0.2, -0.15) is 9.29 Å². The van der Waals surface area contributed by atoms with Crippen molar-refractivity contribution in [1.29, 1.82) is 0 Å². The number of nitrogens with zero attached hydrogens (tertiary/aromatic N) is 7. The molecule has 0 N–H and O–H groups in total. The molecule has 1 atom stereocenters. The van der Waals surface area contributed by atoms with Crippen LogP contribution in [0.5, 0.6) is 11.9 Å². The summed E-state index contributed by atoms with van der Waals surface area (Å²) < 4.78 is 44.0. The van der Waals surface area contributed by atoms with Crippen LogP contribution < -0.4 is 14.4 Å². The molecule has 5 heterocycles. The van der Waals surface area contributed by atoms with Crippen LogP contribution in [0.25, 0.3) is 11.4 Å². The van der Waals surface area contributed by atoms with Gasteiger partial charge in [-0.1, -0.05) is 18.2 Å².